The fourth-order valence-corrected chi connectivity index (χ4v) is 4.36. The minimum Gasteiger partial charge on any atom is -0.401 e. The van der Waals surface area contributed by atoms with Gasteiger partial charge in [0.15, 0.2) is 0 Å². The molecule has 0 saturated heterocycles. The van der Waals surface area contributed by atoms with Crippen LogP contribution in [-0.2, 0) is 0 Å². The van der Waals surface area contributed by atoms with Gasteiger partial charge in [0.25, 0.3) is 0 Å². The third kappa shape index (κ3) is 2.19. The summed E-state index contributed by atoms with van der Waals surface area (Å²) in [6.07, 6.45) is 4.18. The Balaban J connectivity index is 1.60. The van der Waals surface area contributed by atoms with Gasteiger partial charge in [-0.3, -0.25) is 0 Å². The predicted octanol–water partition coefficient (Wildman–Crippen LogP) is 4.58. The van der Waals surface area contributed by atoms with E-state index < -0.39 is 0 Å². The van der Waals surface area contributed by atoms with Crippen molar-refractivity contribution in [3.8, 4) is 0 Å². The first-order chi connectivity index (χ1) is 12.7. The van der Waals surface area contributed by atoms with Gasteiger partial charge in [0, 0.05) is 23.2 Å². The van der Waals surface area contributed by atoms with E-state index in [1.165, 1.54) is 33.4 Å². The molecule has 126 valence electrons. The minimum absolute atomic E-state index is 0.119. The van der Waals surface area contributed by atoms with Gasteiger partial charge >= 0.3 is 0 Å². The predicted molar refractivity (Wildman–Crippen MR) is 107 cm³/mol. The lowest BCUT2D eigenvalue weighted by Crippen LogP contribution is -2.11. The summed E-state index contributed by atoms with van der Waals surface area (Å²) in [5.41, 5.74) is 22.0. The lowest BCUT2D eigenvalue weighted by Gasteiger charge is -2.19. The highest BCUT2D eigenvalue weighted by Gasteiger charge is 2.28. The molecule has 0 aromatic heterocycles. The number of nitrogens with two attached hydrogens (primary N) is 2. The molecule has 2 atom stereocenters. The van der Waals surface area contributed by atoms with Gasteiger partial charge in [0.2, 0.25) is 0 Å². The summed E-state index contributed by atoms with van der Waals surface area (Å²) in [6, 6.07) is 25.6. The first kappa shape index (κ1) is 15.0. The fourth-order valence-electron chi connectivity index (χ4n) is 4.36. The smallest absolute Gasteiger partial charge is 0.0491 e. The lowest BCUT2D eigenvalue weighted by atomic mass is 9.86. The Morgan fingerprint density at radius 1 is 0.538 bits per heavy atom. The number of allylic oxidation sites excluding steroid dienone is 2. The monoisotopic (exact) mass is 336 g/mol. The highest BCUT2D eigenvalue weighted by molar-refractivity contribution is 5.70. The molecule has 0 radical (unpaired) electrons. The quantitative estimate of drug-likeness (QED) is 0.720. The molecule has 2 heteroatoms. The number of benzene rings is 3. The molecular weight excluding hydrogens is 316 g/mol. The maximum Gasteiger partial charge on any atom is 0.0491 e. The summed E-state index contributed by atoms with van der Waals surface area (Å²) in [4.78, 5) is 0. The van der Waals surface area contributed by atoms with Crippen LogP contribution in [-0.4, -0.2) is 0 Å². The van der Waals surface area contributed by atoms with Crippen LogP contribution in [0.5, 0.6) is 0 Å². The maximum atomic E-state index is 6.39. The highest BCUT2D eigenvalue weighted by atomic mass is 14.6. The van der Waals surface area contributed by atoms with Gasteiger partial charge in [-0.2, -0.15) is 0 Å². The van der Waals surface area contributed by atoms with E-state index in [9.17, 15) is 0 Å². The number of hydrogen-bond acceptors (Lipinski definition) is 2. The van der Waals surface area contributed by atoms with Crippen molar-refractivity contribution in [2.75, 3.05) is 0 Å². The molecule has 0 spiro atoms. The van der Waals surface area contributed by atoms with Gasteiger partial charge in [-0.05, 0) is 45.5 Å². The van der Waals surface area contributed by atoms with Gasteiger partial charge in [0.1, 0.15) is 0 Å². The van der Waals surface area contributed by atoms with Crippen LogP contribution >= 0.6 is 0 Å². The summed E-state index contributed by atoms with van der Waals surface area (Å²) in [7, 11) is 0. The molecule has 0 heterocycles. The minimum atomic E-state index is 0.119. The van der Waals surface area contributed by atoms with E-state index in [2.05, 4.69) is 84.9 Å². The van der Waals surface area contributed by atoms with Crippen LogP contribution in [0.1, 0.15) is 45.2 Å². The Bertz CT molecular complexity index is 992. The van der Waals surface area contributed by atoms with Gasteiger partial charge in [-0.25, -0.2) is 0 Å². The zero-order chi connectivity index (χ0) is 17.7. The average molecular weight is 336 g/mol. The Labute approximate surface area is 153 Å². The number of rotatable bonds is 2. The van der Waals surface area contributed by atoms with Crippen molar-refractivity contribution in [3.63, 3.8) is 0 Å². The molecule has 26 heavy (non-hydrogen) atoms. The van der Waals surface area contributed by atoms with Crippen molar-refractivity contribution in [2.45, 2.75) is 11.8 Å². The largest absolute Gasteiger partial charge is 0.401 e. The van der Waals surface area contributed by atoms with Crippen molar-refractivity contribution in [1.82, 2.24) is 0 Å². The van der Waals surface area contributed by atoms with Crippen molar-refractivity contribution in [2.24, 2.45) is 11.5 Å². The van der Waals surface area contributed by atoms with E-state index >= 15 is 0 Å². The first-order valence-electron chi connectivity index (χ1n) is 8.94. The molecular formula is C24H20N2. The molecule has 2 nitrogen and oxygen atoms in total. The van der Waals surface area contributed by atoms with Crippen LogP contribution in [0.2, 0.25) is 0 Å². The van der Waals surface area contributed by atoms with Crippen LogP contribution in [0.3, 0.4) is 0 Å². The van der Waals surface area contributed by atoms with E-state index in [0.717, 1.165) is 11.4 Å². The standard InChI is InChI=1S/C24H20N2/c25-21-13-15-6-1-3-10-19(15)23(21)17-8-5-9-18(12-17)24-20-11-4-2-7-16(20)14-22(24)26/h1-14,23-24H,25-26H2. The van der Waals surface area contributed by atoms with Gasteiger partial charge in [-0.1, -0.05) is 72.8 Å². The van der Waals surface area contributed by atoms with E-state index in [1.54, 1.807) is 0 Å². The molecule has 2 aliphatic rings. The molecule has 2 unspecified atom stereocenters. The summed E-state index contributed by atoms with van der Waals surface area (Å²) < 4.78 is 0. The third-order valence-corrected chi connectivity index (χ3v) is 5.50. The average Bonchev–Trinajstić information content (AvgIpc) is 3.17. The highest BCUT2D eigenvalue weighted by Crippen LogP contribution is 2.42. The lowest BCUT2D eigenvalue weighted by molar-refractivity contribution is 0.924. The Morgan fingerprint density at radius 2 is 1.00 bits per heavy atom. The van der Waals surface area contributed by atoms with Crippen LogP contribution in [0.15, 0.2) is 84.2 Å². The molecule has 0 bridgehead atoms. The Hall–Kier alpha value is -3.26. The van der Waals surface area contributed by atoms with Crippen molar-refractivity contribution >= 4 is 12.2 Å². The van der Waals surface area contributed by atoms with E-state index in [4.69, 9.17) is 11.5 Å². The molecule has 5 rings (SSSR count). The molecule has 0 amide bonds. The first-order valence-corrected chi connectivity index (χ1v) is 8.94. The Kier molecular flexibility index (Phi) is 3.26. The van der Waals surface area contributed by atoms with E-state index in [-0.39, 0.29) is 11.8 Å². The summed E-state index contributed by atoms with van der Waals surface area (Å²) >= 11 is 0. The summed E-state index contributed by atoms with van der Waals surface area (Å²) in [6.45, 7) is 0. The van der Waals surface area contributed by atoms with E-state index in [0.29, 0.717) is 0 Å². The summed E-state index contributed by atoms with van der Waals surface area (Å²) in [5.74, 6) is 0.237. The SMILES string of the molecule is NC1=Cc2ccccc2C1c1cccc(C2C(N)=Cc3ccccc32)c1. The zero-order valence-corrected chi connectivity index (χ0v) is 14.4. The normalized spacial score (nSPS) is 20.3. The molecule has 4 N–H and O–H groups in total. The summed E-state index contributed by atoms with van der Waals surface area (Å²) in [5, 5.41) is 0. The van der Waals surface area contributed by atoms with Crippen molar-refractivity contribution < 1.29 is 0 Å². The molecule has 0 aliphatic heterocycles. The zero-order valence-electron chi connectivity index (χ0n) is 14.4. The molecule has 2 aliphatic carbocycles. The molecule has 0 saturated carbocycles. The second kappa shape index (κ2) is 5.63. The van der Waals surface area contributed by atoms with Crippen LogP contribution in [0.4, 0.5) is 0 Å². The van der Waals surface area contributed by atoms with Gasteiger partial charge in [0.05, 0.1) is 0 Å². The number of fused-ring (bicyclic) bond motifs is 2. The molecule has 3 aromatic carbocycles. The van der Waals surface area contributed by atoms with Crippen LogP contribution in [0, 0.1) is 0 Å². The fraction of sp³-hybridized carbons (Fsp3) is 0.0833. The Morgan fingerprint density at radius 3 is 1.50 bits per heavy atom. The maximum absolute atomic E-state index is 6.39. The molecule has 0 fully saturated rings. The van der Waals surface area contributed by atoms with Crippen molar-refractivity contribution in [1.29, 1.82) is 0 Å². The topological polar surface area (TPSA) is 52.0 Å². The van der Waals surface area contributed by atoms with E-state index in [1.807, 2.05) is 0 Å². The van der Waals surface area contributed by atoms with Crippen LogP contribution < -0.4 is 11.5 Å². The second-order valence-corrected chi connectivity index (χ2v) is 7.08. The van der Waals surface area contributed by atoms with Crippen LogP contribution in [0.25, 0.3) is 12.2 Å². The van der Waals surface area contributed by atoms with Crippen molar-refractivity contribution in [3.05, 3.63) is 118 Å². The third-order valence-electron chi connectivity index (χ3n) is 5.50. The number of hydrogen-bond donors (Lipinski definition) is 2. The molecule has 3 aromatic rings. The van der Waals surface area contributed by atoms with Gasteiger partial charge in [-0.15, -0.1) is 0 Å². The van der Waals surface area contributed by atoms with Gasteiger partial charge < -0.3 is 11.5 Å². The second-order valence-electron chi connectivity index (χ2n) is 7.08.